The molecule has 1 aliphatic heterocycles. The summed E-state index contributed by atoms with van der Waals surface area (Å²) >= 11 is 0. The van der Waals surface area contributed by atoms with Crippen molar-refractivity contribution in [3.63, 3.8) is 0 Å². The summed E-state index contributed by atoms with van der Waals surface area (Å²) < 4.78 is 5.51. The second-order valence-corrected chi connectivity index (χ2v) is 6.66. The highest BCUT2D eigenvalue weighted by molar-refractivity contribution is 5.70. The van der Waals surface area contributed by atoms with Gasteiger partial charge in [-0.15, -0.1) is 0 Å². The third-order valence-corrected chi connectivity index (χ3v) is 5.19. The summed E-state index contributed by atoms with van der Waals surface area (Å²) in [5.74, 6) is 1.05. The Morgan fingerprint density at radius 1 is 1.31 bits per heavy atom. The Balaban J connectivity index is 1.73. The largest absolute Gasteiger partial charge is 0.506 e. The molecular formula is C20H20N2O4. The Hall–Kier alpha value is -3.02. The van der Waals surface area contributed by atoms with Crippen LogP contribution in [0.4, 0.5) is 11.4 Å². The van der Waals surface area contributed by atoms with E-state index in [1.165, 1.54) is 6.07 Å². The second-order valence-electron chi connectivity index (χ2n) is 6.66. The maximum absolute atomic E-state index is 11.1. The number of ether oxygens (including phenoxy) is 1. The van der Waals surface area contributed by atoms with Crippen LogP contribution in [-0.2, 0) is 0 Å². The minimum atomic E-state index is -0.466. The fourth-order valence-electron chi connectivity index (χ4n) is 4.04. The lowest BCUT2D eigenvalue weighted by atomic mass is 9.76. The molecule has 0 spiro atoms. The van der Waals surface area contributed by atoms with Gasteiger partial charge < -0.3 is 15.2 Å². The second kappa shape index (κ2) is 6.37. The lowest BCUT2D eigenvalue weighted by molar-refractivity contribution is -0.385. The minimum absolute atomic E-state index is 0.0190. The number of phenolic OH excluding ortho intramolecular Hbond substituents is 1. The Kier molecular flexibility index (Phi) is 4.03. The molecule has 2 aromatic rings. The lowest BCUT2D eigenvalue weighted by Gasteiger charge is -2.37. The van der Waals surface area contributed by atoms with Crippen molar-refractivity contribution in [1.29, 1.82) is 0 Å². The first-order valence-corrected chi connectivity index (χ1v) is 8.75. The highest BCUT2D eigenvalue weighted by Crippen LogP contribution is 2.53. The molecule has 3 unspecified atom stereocenters. The smallest absolute Gasteiger partial charge is 0.273 e. The maximum Gasteiger partial charge on any atom is 0.273 e. The molecule has 2 N–H and O–H groups in total. The fourth-order valence-corrected chi connectivity index (χ4v) is 4.04. The molecule has 0 aromatic heterocycles. The molecule has 0 radical (unpaired) electrons. The Labute approximate surface area is 151 Å². The zero-order valence-corrected chi connectivity index (χ0v) is 14.4. The maximum atomic E-state index is 11.1. The number of fused-ring (bicyclic) bond motifs is 3. The average Bonchev–Trinajstić information content (AvgIpc) is 3.12. The van der Waals surface area contributed by atoms with Crippen LogP contribution in [0.25, 0.3) is 0 Å². The van der Waals surface area contributed by atoms with Crippen LogP contribution >= 0.6 is 0 Å². The number of hydrogen-bond acceptors (Lipinski definition) is 5. The number of benzene rings is 2. The summed E-state index contributed by atoms with van der Waals surface area (Å²) in [4.78, 5) is 10.7. The number of nitrogens with zero attached hydrogens (tertiary/aromatic N) is 1. The highest BCUT2D eigenvalue weighted by atomic mass is 16.6. The predicted molar refractivity (Wildman–Crippen MR) is 98.7 cm³/mol. The molecule has 1 aliphatic carbocycles. The van der Waals surface area contributed by atoms with Gasteiger partial charge in [-0.05, 0) is 42.5 Å². The number of hydrogen-bond donors (Lipinski definition) is 2. The molecule has 0 saturated carbocycles. The van der Waals surface area contributed by atoms with E-state index in [1.54, 1.807) is 6.07 Å². The Morgan fingerprint density at radius 3 is 2.77 bits per heavy atom. The van der Waals surface area contributed by atoms with Crippen molar-refractivity contribution >= 4 is 11.4 Å². The summed E-state index contributed by atoms with van der Waals surface area (Å²) in [7, 11) is 0. The summed E-state index contributed by atoms with van der Waals surface area (Å²) in [5.41, 5.74) is 2.40. The Bertz CT molecular complexity index is 876. The first kappa shape index (κ1) is 16.4. The van der Waals surface area contributed by atoms with Gasteiger partial charge in [0.1, 0.15) is 11.5 Å². The van der Waals surface area contributed by atoms with Gasteiger partial charge in [-0.25, -0.2) is 0 Å². The van der Waals surface area contributed by atoms with Crippen LogP contribution in [0.15, 0.2) is 48.6 Å². The van der Waals surface area contributed by atoms with E-state index in [9.17, 15) is 15.2 Å². The highest BCUT2D eigenvalue weighted by Gasteiger charge is 2.39. The number of nitro benzene ring substituents is 1. The zero-order chi connectivity index (χ0) is 18.3. The lowest BCUT2D eigenvalue weighted by Crippen LogP contribution is -2.29. The number of rotatable bonds is 4. The normalized spacial score (nSPS) is 23.0. The standard InChI is InChI=1S/C20H20N2O4/c1-2-26-14-8-6-12(7-9-14)19-16-5-3-4-15(16)17-10-13(22(24)25)11-18(23)20(17)21-19/h3-4,6-11,15-16,19,21,23H,2,5H2,1H3. The van der Waals surface area contributed by atoms with Gasteiger partial charge in [0.25, 0.3) is 5.69 Å². The van der Waals surface area contributed by atoms with Crippen molar-refractivity contribution in [2.24, 2.45) is 5.92 Å². The van der Waals surface area contributed by atoms with E-state index in [1.807, 2.05) is 31.2 Å². The van der Waals surface area contributed by atoms with Crippen LogP contribution in [-0.4, -0.2) is 16.6 Å². The Morgan fingerprint density at radius 2 is 2.08 bits per heavy atom. The molecule has 6 nitrogen and oxygen atoms in total. The summed E-state index contributed by atoms with van der Waals surface area (Å²) in [6.07, 6.45) is 5.09. The molecule has 26 heavy (non-hydrogen) atoms. The fraction of sp³-hybridized carbons (Fsp3) is 0.300. The topological polar surface area (TPSA) is 84.6 Å². The van der Waals surface area contributed by atoms with Gasteiger partial charge in [-0.2, -0.15) is 0 Å². The van der Waals surface area contributed by atoms with Crippen molar-refractivity contribution in [2.75, 3.05) is 11.9 Å². The zero-order valence-electron chi connectivity index (χ0n) is 14.4. The quantitative estimate of drug-likeness (QED) is 0.366. The molecule has 4 rings (SSSR count). The number of phenols is 1. The molecule has 3 atom stereocenters. The van der Waals surface area contributed by atoms with E-state index in [-0.39, 0.29) is 29.3 Å². The van der Waals surface area contributed by atoms with Crippen molar-refractivity contribution in [3.05, 3.63) is 69.8 Å². The van der Waals surface area contributed by atoms with E-state index < -0.39 is 4.92 Å². The molecule has 1 heterocycles. The monoisotopic (exact) mass is 352 g/mol. The van der Waals surface area contributed by atoms with Crippen LogP contribution in [0.3, 0.4) is 0 Å². The van der Waals surface area contributed by atoms with E-state index in [4.69, 9.17) is 4.74 Å². The van der Waals surface area contributed by atoms with Crippen LogP contribution in [0.2, 0.25) is 0 Å². The molecule has 2 aromatic carbocycles. The first-order chi connectivity index (χ1) is 12.6. The number of nitro groups is 1. The molecule has 6 heteroatoms. The molecule has 2 aliphatic rings. The van der Waals surface area contributed by atoms with Gasteiger partial charge in [0.2, 0.25) is 0 Å². The van der Waals surface area contributed by atoms with Gasteiger partial charge in [0, 0.05) is 12.0 Å². The average molecular weight is 352 g/mol. The molecule has 0 amide bonds. The summed E-state index contributed by atoms with van der Waals surface area (Å²) in [6.45, 7) is 2.57. The minimum Gasteiger partial charge on any atom is -0.506 e. The number of aromatic hydroxyl groups is 1. The van der Waals surface area contributed by atoms with Crippen LogP contribution in [0.1, 0.15) is 36.4 Å². The summed E-state index contributed by atoms with van der Waals surface area (Å²) in [6, 6.07) is 10.8. The van der Waals surface area contributed by atoms with Crippen molar-refractivity contribution in [2.45, 2.75) is 25.3 Å². The first-order valence-electron chi connectivity index (χ1n) is 8.75. The third kappa shape index (κ3) is 2.67. The van der Waals surface area contributed by atoms with E-state index in [2.05, 4.69) is 17.5 Å². The molecular weight excluding hydrogens is 332 g/mol. The van der Waals surface area contributed by atoms with Gasteiger partial charge in [0.05, 0.1) is 29.3 Å². The van der Waals surface area contributed by atoms with E-state index in [0.29, 0.717) is 12.3 Å². The van der Waals surface area contributed by atoms with Crippen LogP contribution in [0.5, 0.6) is 11.5 Å². The molecule has 0 saturated heterocycles. The van der Waals surface area contributed by atoms with Gasteiger partial charge in [-0.1, -0.05) is 24.3 Å². The van der Waals surface area contributed by atoms with Gasteiger partial charge >= 0.3 is 0 Å². The number of nitrogens with one attached hydrogen (secondary N) is 1. The summed E-state index contributed by atoms with van der Waals surface area (Å²) in [5, 5.41) is 24.9. The van der Waals surface area contributed by atoms with Crippen molar-refractivity contribution in [1.82, 2.24) is 0 Å². The predicted octanol–water partition coefficient (Wildman–Crippen LogP) is 4.53. The molecule has 0 bridgehead atoms. The van der Waals surface area contributed by atoms with Gasteiger partial charge in [0.15, 0.2) is 0 Å². The molecule has 0 fully saturated rings. The SMILES string of the molecule is CCOc1ccc(C2Nc3c(O)cc([N+](=O)[O-])cc3C3C=CCC32)cc1. The number of non-ortho nitro benzene ring substituents is 1. The van der Waals surface area contributed by atoms with Crippen molar-refractivity contribution in [3.8, 4) is 11.5 Å². The third-order valence-electron chi connectivity index (χ3n) is 5.19. The van der Waals surface area contributed by atoms with E-state index in [0.717, 1.165) is 23.3 Å². The number of anilines is 1. The van der Waals surface area contributed by atoms with Crippen molar-refractivity contribution < 1.29 is 14.8 Å². The van der Waals surface area contributed by atoms with E-state index >= 15 is 0 Å². The van der Waals surface area contributed by atoms with Gasteiger partial charge in [-0.3, -0.25) is 10.1 Å². The van der Waals surface area contributed by atoms with Crippen LogP contribution < -0.4 is 10.1 Å². The van der Waals surface area contributed by atoms with Crippen LogP contribution in [0, 0.1) is 16.0 Å². The number of allylic oxidation sites excluding steroid dienone is 2. The molecule has 134 valence electrons.